The highest BCUT2D eigenvalue weighted by molar-refractivity contribution is 5.44. The third-order valence-electron chi connectivity index (χ3n) is 1.75. The molecule has 0 aliphatic heterocycles. The van der Waals surface area contributed by atoms with Crippen LogP contribution < -0.4 is 5.73 Å². The lowest BCUT2D eigenvalue weighted by molar-refractivity contribution is 1.09. The van der Waals surface area contributed by atoms with E-state index in [2.05, 4.69) is 33.8 Å². The van der Waals surface area contributed by atoms with E-state index in [1.165, 1.54) is 17.5 Å². The van der Waals surface area contributed by atoms with Gasteiger partial charge in [-0.1, -0.05) is 33.3 Å². The summed E-state index contributed by atoms with van der Waals surface area (Å²) in [6, 6.07) is 6.04. The van der Waals surface area contributed by atoms with E-state index in [9.17, 15) is 0 Å². The van der Waals surface area contributed by atoms with E-state index in [-0.39, 0.29) is 0 Å². The molecule has 0 heterocycles. The van der Waals surface area contributed by atoms with E-state index >= 15 is 0 Å². The van der Waals surface area contributed by atoms with Gasteiger partial charge in [0.15, 0.2) is 0 Å². The highest BCUT2D eigenvalue weighted by Gasteiger charge is 1.93. The average Bonchev–Trinajstić information content (AvgIpc) is 2.10. The highest BCUT2D eigenvalue weighted by Crippen LogP contribution is 2.12. The van der Waals surface area contributed by atoms with E-state index in [0.29, 0.717) is 0 Å². The van der Waals surface area contributed by atoms with Crippen LogP contribution in [-0.2, 0) is 6.42 Å². The van der Waals surface area contributed by atoms with Crippen LogP contribution in [-0.4, -0.2) is 0 Å². The second-order valence-electron chi connectivity index (χ2n) is 3.25. The van der Waals surface area contributed by atoms with E-state index in [1.807, 2.05) is 12.1 Å². The van der Waals surface area contributed by atoms with Crippen LogP contribution in [0.25, 0.3) is 0 Å². The zero-order chi connectivity index (χ0) is 10.3. The van der Waals surface area contributed by atoms with Crippen LogP contribution in [0.15, 0.2) is 18.2 Å². The van der Waals surface area contributed by atoms with Crippen LogP contribution in [0.1, 0.15) is 38.3 Å². The number of nitrogen functional groups attached to an aromatic ring is 1. The van der Waals surface area contributed by atoms with Gasteiger partial charge in [-0.15, -0.1) is 0 Å². The van der Waals surface area contributed by atoms with Gasteiger partial charge in [0.1, 0.15) is 0 Å². The fourth-order valence-corrected chi connectivity index (χ4v) is 1.07. The first-order valence-electron chi connectivity index (χ1n) is 5.00. The van der Waals surface area contributed by atoms with Gasteiger partial charge in [-0.25, -0.2) is 0 Å². The SMILES string of the molecule is CCC.CCc1cc(N)ccc1C. The summed E-state index contributed by atoms with van der Waals surface area (Å²) < 4.78 is 0. The molecule has 0 aromatic heterocycles. The van der Waals surface area contributed by atoms with Crippen LogP contribution in [0.5, 0.6) is 0 Å². The molecule has 0 amide bonds. The molecule has 0 fully saturated rings. The van der Waals surface area contributed by atoms with Crippen LogP contribution in [0, 0.1) is 6.92 Å². The zero-order valence-electron chi connectivity index (χ0n) is 9.22. The predicted molar refractivity (Wildman–Crippen MR) is 60.9 cm³/mol. The Labute approximate surface area is 82.0 Å². The Morgan fingerprint density at radius 3 is 2.08 bits per heavy atom. The molecule has 0 saturated carbocycles. The molecule has 1 aromatic carbocycles. The van der Waals surface area contributed by atoms with Crippen molar-refractivity contribution in [2.24, 2.45) is 0 Å². The number of anilines is 1. The Hall–Kier alpha value is -0.980. The molecule has 1 nitrogen and oxygen atoms in total. The van der Waals surface area contributed by atoms with Gasteiger partial charge in [0.25, 0.3) is 0 Å². The van der Waals surface area contributed by atoms with Gasteiger partial charge in [0.05, 0.1) is 0 Å². The van der Waals surface area contributed by atoms with Crippen LogP contribution in [0.3, 0.4) is 0 Å². The van der Waals surface area contributed by atoms with Crippen molar-refractivity contribution >= 4 is 5.69 Å². The summed E-state index contributed by atoms with van der Waals surface area (Å²) in [4.78, 5) is 0. The van der Waals surface area contributed by atoms with Gasteiger partial charge < -0.3 is 5.73 Å². The Morgan fingerprint density at radius 1 is 1.15 bits per heavy atom. The lowest BCUT2D eigenvalue weighted by Gasteiger charge is -2.02. The minimum Gasteiger partial charge on any atom is -0.399 e. The quantitative estimate of drug-likeness (QED) is 0.655. The number of aryl methyl sites for hydroxylation is 2. The maximum absolute atomic E-state index is 5.60. The molecule has 1 rings (SSSR count). The molecule has 13 heavy (non-hydrogen) atoms. The largest absolute Gasteiger partial charge is 0.399 e. The summed E-state index contributed by atoms with van der Waals surface area (Å²) in [5.41, 5.74) is 9.14. The van der Waals surface area contributed by atoms with Crippen molar-refractivity contribution in [3.8, 4) is 0 Å². The maximum atomic E-state index is 5.60. The van der Waals surface area contributed by atoms with Crippen LogP contribution >= 0.6 is 0 Å². The summed E-state index contributed by atoms with van der Waals surface area (Å²) in [7, 11) is 0. The molecule has 1 aromatic rings. The minimum atomic E-state index is 0.863. The maximum Gasteiger partial charge on any atom is 0.0316 e. The summed E-state index contributed by atoms with van der Waals surface area (Å²) in [6.45, 7) is 8.50. The molecule has 74 valence electrons. The highest BCUT2D eigenvalue weighted by atomic mass is 14.5. The first kappa shape index (κ1) is 12.0. The zero-order valence-corrected chi connectivity index (χ0v) is 9.22. The summed E-state index contributed by atoms with van der Waals surface area (Å²) >= 11 is 0. The van der Waals surface area contributed by atoms with Crippen molar-refractivity contribution in [2.75, 3.05) is 5.73 Å². The monoisotopic (exact) mass is 179 g/mol. The Kier molecular flexibility index (Phi) is 6.03. The predicted octanol–water partition coefficient (Wildman–Crippen LogP) is 3.56. The molecule has 0 aliphatic carbocycles. The molecule has 0 bridgehead atoms. The second-order valence-corrected chi connectivity index (χ2v) is 3.25. The topological polar surface area (TPSA) is 26.0 Å². The fourth-order valence-electron chi connectivity index (χ4n) is 1.07. The van der Waals surface area contributed by atoms with Crippen molar-refractivity contribution in [3.63, 3.8) is 0 Å². The van der Waals surface area contributed by atoms with Crippen LogP contribution in [0.2, 0.25) is 0 Å². The second kappa shape index (κ2) is 6.53. The molecule has 0 atom stereocenters. The lowest BCUT2D eigenvalue weighted by atomic mass is 10.1. The molecule has 2 N–H and O–H groups in total. The molecule has 1 heteroatoms. The third kappa shape index (κ3) is 4.56. The van der Waals surface area contributed by atoms with Gasteiger partial charge in [0, 0.05) is 5.69 Å². The van der Waals surface area contributed by atoms with Crippen LogP contribution in [0.4, 0.5) is 5.69 Å². The standard InChI is InChI=1S/C9H13N.C3H8/c1-3-8-6-9(10)5-4-7(8)2;1-3-2/h4-6H,3,10H2,1-2H3;3H2,1-2H3. The Bertz CT molecular complexity index is 241. The smallest absolute Gasteiger partial charge is 0.0316 e. The van der Waals surface area contributed by atoms with Crippen molar-refractivity contribution in [3.05, 3.63) is 29.3 Å². The number of rotatable bonds is 1. The van der Waals surface area contributed by atoms with Gasteiger partial charge in [-0.2, -0.15) is 0 Å². The summed E-state index contributed by atoms with van der Waals surface area (Å²) in [5, 5.41) is 0. The third-order valence-corrected chi connectivity index (χ3v) is 1.75. The first-order valence-corrected chi connectivity index (χ1v) is 5.00. The fraction of sp³-hybridized carbons (Fsp3) is 0.500. The average molecular weight is 179 g/mol. The van der Waals surface area contributed by atoms with Gasteiger partial charge in [-0.3, -0.25) is 0 Å². The van der Waals surface area contributed by atoms with Gasteiger partial charge >= 0.3 is 0 Å². The van der Waals surface area contributed by atoms with Crippen molar-refractivity contribution in [2.45, 2.75) is 40.5 Å². The number of hydrogen-bond donors (Lipinski definition) is 1. The van der Waals surface area contributed by atoms with E-state index in [0.717, 1.165) is 12.1 Å². The van der Waals surface area contributed by atoms with E-state index in [1.54, 1.807) is 0 Å². The number of nitrogens with two attached hydrogens (primary N) is 1. The van der Waals surface area contributed by atoms with Gasteiger partial charge in [-0.05, 0) is 36.6 Å². The normalized spacial score (nSPS) is 8.92. The molecule has 0 aliphatic rings. The van der Waals surface area contributed by atoms with Crippen molar-refractivity contribution in [1.29, 1.82) is 0 Å². The van der Waals surface area contributed by atoms with Gasteiger partial charge in [0.2, 0.25) is 0 Å². The molecular formula is C12H21N. The van der Waals surface area contributed by atoms with E-state index < -0.39 is 0 Å². The Balaban J connectivity index is 0.000000424. The summed E-state index contributed by atoms with van der Waals surface area (Å²) in [6.07, 6.45) is 2.32. The number of benzene rings is 1. The molecular weight excluding hydrogens is 158 g/mol. The summed E-state index contributed by atoms with van der Waals surface area (Å²) in [5.74, 6) is 0. The molecule has 0 unspecified atom stereocenters. The van der Waals surface area contributed by atoms with E-state index in [4.69, 9.17) is 5.73 Å². The number of hydrogen-bond acceptors (Lipinski definition) is 1. The van der Waals surface area contributed by atoms with Crippen molar-refractivity contribution in [1.82, 2.24) is 0 Å². The minimum absolute atomic E-state index is 0.863. The Morgan fingerprint density at radius 2 is 1.69 bits per heavy atom. The lowest BCUT2D eigenvalue weighted by Crippen LogP contribution is -1.90. The molecule has 0 spiro atoms. The molecule has 0 saturated heterocycles. The molecule has 0 radical (unpaired) electrons. The first-order chi connectivity index (χ1) is 6.15. The van der Waals surface area contributed by atoms with Crippen molar-refractivity contribution < 1.29 is 0 Å².